The SMILES string of the molecule is CC(C)(O)C#Cc1ccc(C(=O)/C=C\c2ccc(Cl)cc2)s1. The second-order valence-electron chi connectivity index (χ2n) is 5.22. The van der Waals surface area contributed by atoms with E-state index in [-0.39, 0.29) is 5.78 Å². The van der Waals surface area contributed by atoms with Crippen LogP contribution in [-0.2, 0) is 0 Å². The molecule has 2 rings (SSSR count). The van der Waals surface area contributed by atoms with Crippen LogP contribution in [0.5, 0.6) is 0 Å². The molecule has 4 heteroatoms. The summed E-state index contributed by atoms with van der Waals surface area (Å²) in [7, 11) is 0. The van der Waals surface area contributed by atoms with Gasteiger partial charge in [-0.05, 0) is 49.8 Å². The van der Waals surface area contributed by atoms with Crippen molar-refractivity contribution in [3.63, 3.8) is 0 Å². The smallest absolute Gasteiger partial charge is 0.195 e. The van der Waals surface area contributed by atoms with E-state index in [2.05, 4.69) is 11.8 Å². The fraction of sp³-hybridized carbons (Fsp3) is 0.167. The Morgan fingerprint density at radius 3 is 2.55 bits per heavy atom. The first-order valence-corrected chi connectivity index (χ1v) is 7.86. The van der Waals surface area contributed by atoms with Gasteiger partial charge in [-0.15, -0.1) is 11.3 Å². The molecule has 0 saturated heterocycles. The molecule has 0 amide bonds. The Bertz CT molecular complexity index is 753. The van der Waals surface area contributed by atoms with Gasteiger partial charge >= 0.3 is 0 Å². The summed E-state index contributed by atoms with van der Waals surface area (Å²) in [6.07, 6.45) is 3.28. The lowest BCUT2D eigenvalue weighted by atomic mass is 10.1. The highest BCUT2D eigenvalue weighted by Crippen LogP contribution is 2.18. The van der Waals surface area contributed by atoms with Crippen molar-refractivity contribution in [1.82, 2.24) is 0 Å². The van der Waals surface area contributed by atoms with E-state index in [9.17, 15) is 9.90 Å². The number of carbonyl (C=O) groups excluding carboxylic acids is 1. The highest BCUT2D eigenvalue weighted by Gasteiger charge is 2.08. The Hall–Kier alpha value is -1.86. The number of halogens is 1. The quantitative estimate of drug-likeness (QED) is 0.514. The Morgan fingerprint density at radius 2 is 1.91 bits per heavy atom. The summed E-state index contributed by atoms with van der Waals surface area (Å²) >= 11 is 7.13. The second kappa shape index (κ2) is 6.93. The third kappa shape index (κ3) is 5.16. The molecule has 0 saturated carbocycles. The Balaban J connectivity index is 2.08. The van der Waals surface area contributed by atoms with Crippen LogP contribution >= 0.6 is 22.9 Å². The van der Waals surface area contributed by atoms with Gasteiger partial charge in [-0.3, -0.25) is 4.79 Å². The first kappa shape index (κ1) is 16.5. The van der Waals surface area contributed by atoms with E-state index in [1.807, 2.05) is 12.1 Å². The molecule has 1 heterocycles. The molecular formula is C18H15ClO2S. The number of allylic oxidation sites excluding steroid dienone is 1. The molecule has 1 aromatic heterocycles. The van der Waals surface area contributed by atoms with Crippen molar-refractivity contribution in [2.45, 2.75) is 19.4 Å². The van der Waals surface area contributed by atoms with Crippen LogP contribution in [0.1, 0.15) is 34.0 Å². The molecular weight excluding hydrogens is 316 g/mol. The minimum Gasteiger partial charge on any atom is -0.378 e. The first-order valence-electron chi connectivity index (χ1n) is 6.67. The number of rotatable bonds is 3. The topological polar surface area (TPSA) is 37.3 Å². The van der Waals surface area contributed by atoms with E-state index in [1.165, 1.54) is 17.4 Å². The molecule has 2 aromatic rings. The fourth-order valence-electron chi connectivity index (χ4n) is 1.58. The van der Waals surface area contributed by atoms with Gasteiger partial charge in [0.25, 0.3) is 0 Å². The van der Waals surface area contributed by atoms with E-state index in [0.717, 1.165) is 10.4 Å². The Morgan fingerprint density at radius 1 is 1.23 bits per heavy atom. The average molecular weight is 331 g/mol. The van der Waals surface area contributed by atoms with Gasteiger partial charge in [0, 0.05) is 5.02 Å². The van der Waals surface area contributed by atoms with Gasteiger partial charge < -0.3 is 5.11 Å². The molecule has 0 bridgehead atoms. The molecule has 112 valence electrons. The van der Waals surface area contributed by atoms with Crippen molar-refractivity contribution in [1.29, 1.82) is 0 Å². The van der Waals surface area contributed by atoms with Crippen molar-refractivity contribution >= 4 is 34.8 Å². The maximum absolute atomic E-state index is 12.1. The summed E-state index contributed by atoms with van der Waals surface area (Å²) in [4.78, 5) is 13.5. The van der Waals surface area contributed by atoms with Crippen LogP contribution in [0.3, 0.4) is 0 Å². The highest BCUT2D eigenvalue weighted by molar-refractivity contribution is 7.14. The Kier molecular flexibility index (Phi) is 5.20. The normalized spacial score (nSPS) is 11.3. The van der Waals surface area contributed by atoms with E-state index < -0.39 is 5.60 Å². The molecule has 1 N–H and O–H groups in total. The van der Waals surface area contributed by atoms with Crippen molar-refractivity contribution in [2.24, 2.45) is 0 Å². The van der Waals surface area contributed by atoms with Gasteiger partial charge in [-0.25, -0.2) is 0 Å². The van der Waals surface area contributed by atoms with Gasteiger partial charge in [0.05, 0.1) is 9.75 Å². The molecule has 0 spiro atoms. The number of thiophene rings is 1. The van der Waals surface area contributed by atoms with Crippen LogP contribution in [-0.4, -0.2) is 16.5 Å². The average Bonchev–Trinajstić information content (AvgIpc) is 2.92. The molecule has 0 aliphatic carbocycles. The molecule has 0 unspecified atom stereocenters. The minimum absolute atomic E-state index is 0.0729. The second-order valence-corrected chi connectivity index (χ2v) is 6.74. The van der Waals surface area contributed by atoms with E-state index in [4.69, 9.17) is 11.6 Å². The summed E-state index contributed by atoms with van der Waals surface area (Å²) in [6.45, 7) is 3.24. The van der Waals surface area contributed by atoms with Gasteiger partial charge in [-0.2, -0.15) is 0 Å². The van der Waals surface area contributed by atoms with Crippen LogP contribution in [0.15, 0.2) is 42.5 Å². The minimum atomic E-state index is -1.04. The molecule has 0 atom stereocenters. The number of benzene rings is 1. The van der Waals surface area contributed by atoms with Crippen LogP contribution in [0.2, 0.25) is 5.02 Å². The van der Waals surface area contributed by atoms with E-state index in [1.54, 1.807) is 44.2 Å². The molecule has 0 aliphatic heterocycles. The molecule has 1 aromatic carbocycles. The van der Waals surface area contributed by atoms with Crippen molar-refractivity contribution in [3.8, 4) is 11.8 Å². The summed E-state index contributed by atoms with van der Waals surface area (Å²) in [6, 6.07) is 10.8. The first-order chi connectivity index (χ1) is 10.3. The third-order valence-electron chi connectivity index (χ3n) is 2.64. The van der Waals surface area contributed by atoms with Crippen LogP contribution in [0, 0.1) is 11.8 Å². The highest BCUT2D eigenvalue weighted by atomic mass is 35.5. The number of ketones is 1. The zero-order valence-corrected chi connectivity index (χ0v) is 13.8. The molecule has 0 fully saturated rings. The van der Waals surface area contributed by atoms with E-state index in [0.29, 0.717) is 9.90 Å². The lowest BCUT2D eigenvalue weighted by Gasteiger charge is -2.05. The van der Waals surface area contributed by atoms with Crippen molar-refractivity contribution < 1.29 is 9.90 Å². The third-order valence-corrected chi connectivity index (χ3v) is 3.90. The fourth-order valence-corrected chi connectivity index (χ4v) is 2.49. The van der Waals surface area contributed by atoms with Gasteiger partial charge in [0.15, 0.2) is 5.78 Å². The largest absolute Gasteiger partial charge is 0.378 e. The lowest BCUT2D eigenvalue weighted by Crippen LogP contribution is -2.14. The number of hydrogen-bond donors (Lipinski definition) is 1. The van der Waals surface area contributed by atoms with Gasteiger partial charge in [0.2, 0.25) is 0 Å². The summed E-state index contributed by atoms with van der Waals surface area (Å²) in [5, 5.41) is 10.2. The Labute approximate surface area is 139 Å². The zero-order valence-electron chi connectivity index (χ0n) is 12.3. The molecule has 22 heavy (non-hydrogen) atoms. The van der Waals surface area contributed by atoms with Crippen LogP contribution in [0.4, 0.5) is 0 Å². The van der Waals surface area contributed by atoms with Crippen LogP contribution in [0.25, 0.3) is 6.08 Å². The molecule has 0 aliphatic rings. The number of aliphatic hydroxyl groups is 1. The summed E-state index contributed by atoms with van der Waals surface area (Å²) in [5.41, 5.74) is -0.126. The standard InChI is InChI=1S/C18H15ClO2S/c1-18(2,21)12-11-15-8-10-17(22-15)16(20)9-5-13-3-6-14(19)7-4-13/h3-10,21H,1-2H3/b9-5-. The van der Waals surface area contributed by atoms with Gasteiger partial charge in [0.1, 0.15) is 5.60 Å². The maximum atomic E-state index is 12.1. The van der Waals surface area contributed by atoms with Gasteiger partial charge in [-0.1, -0.05) is 41.7 Å². The van der Waals surface area contributed by atoms with Crippen molar-refractivity contribution in [2.75, 3.05) is 0 Å². The monoisotopic (exact) mass is 330 g/mol. The number of carbonyl (C=O) groups is 1. The summed E-state index contributed by atoms with van der Waals surface area (Å²) < 4.78 is 0. The zero-order chi connectivity index (χ0) is 16.2. The van der Waals surface area contributed by atoms with Crippen molar-refractivity contribution in [3.05, 3.63) is 62.8 Å². The summed E-state index contributed by atoms with van der Waals surface area (Å²) in [5.74, 6) is 5.52. The molecule has 0 radical (unpaired) electrons. The van der Waals surface area contributed by atoms with E-state index >= 15 is 0 Å². The predicted octanol–water partition coefficient (Wildman–Crippen LogP) is 4.42. The maximum Gasteiger partial charge on any atom is 0.195 e. The molecule has 2 nitrogen and oxygen atoms in total. The number of hydrogen-bond acceptors (Lipinski definition) is 3. The lowest BCUT2D eigenvalue weighted by molar-refractivity contribution is 0.105. The predicted molar refractivity (Wildman–Crippen MR) is 92.3 cm³/mol. The van der Waals surface area contributed by atoms with Crippen LogP contribution < -0.4 is 0 Å².